The van der Waals surface area contributed by atoms with Crippen LogP contribution in [-0.2, 0) is 6.54 Å². The van der Waals surface area contributed by atoms with Crippen LogP contribution in [0.5, 0.6) is 0 Å². The van der Waals surface area contributed by atoms with Gasteiger partial charge < -0.3 is 15.3 Å². The van der Waals surface area contributed by atoms with Crippen LogP contribution in [0.15, 0.2) is 16.9 Å². The minimum absolute atomic E-state index is 0.198. The molecule has 0 spiro atoms. The van der Waals surface area contributed by atoms with Crippen molar-refractivity contribution in [1.29, 1.82) is 0 Å². The van der Waals surface area contributed by atoms with Gasteiger partial charge in [0, 0.05) is 25.7 Å². The number of piperidine rings is 3. The molecule has 3 aliphatic rings. The number of fused-ring (bicyclic) bond motifs is 3. The van der Waals surface area contributed by atoms with Crippen molar-refractivity contribution in [1.82, 2.24) is 20.0 Å². The summed E-state index contributed by atoms with van der Waals surface area (Å²) >= 11 is 0. The maximum absolute atomic E-state index is 12.4. The molecule has 0 aliphatic carbocycles. The number of nitrogens with one attached hydrogen (secondary N) is 1. The molecule has 7 nitrogen and oxygen atoms in total. The molecule has 3 fully saturated rings. The van der Waals surface area contributed by atoms with Crippen molar-refractivity contribution < 1.29 is 9.90 Å². The maximum Gasteiger partial charge on any atom is 0.271 e. The van der Waals surface area contributed by atoms with E-state index < -0.39 is 5.60 Å². The Bertz CT molecular complexity index is 651. The third-order valence-corrected chi connectivity index (χ3v) is 5.22. The summed E-state index contributed by atoms with van der Waals surface area (Å²) in [7, 11) is 0. The number of carbonyl (C=O) groups is 1. The molecule has 1 aromatic rings. The van der Waals surface area contributed by atoms with Gasteiger partial charge in [0.15, 0.2) is 0 Å². The fraction of sp³-hybridized carbons (Fsp3) is 0.706. The highest BCUT2D eigenvalue weighted by atomic mass is 16.3. The van der Waals surface area contributed by atoms with Gasteiger partial charge in [-0.1, -0.05) is 13.3 Å². The highest BCUT2D eigenvalue weighted by Crippen LogP contribution is 2.35. The average molecular weight is 334 g/mol. The van der Waals surface area contributed by atoms with Gasteiger partial charge in [0.1, 0.15) is 5.69 Å². The van der Waals surface area contributed by atoms with Crippen LogP contribution in [0.2, 0.25) is 0 Å². The lowest BCUT2D eigenvalue weighted by atomic mass is 9.75. The van der Waals surface area contributed by atoms with E-state index in [9.17, 15) is 14.7 Å². The van der Waals surface area contributed by atoms with Crippen molar-refractivity contribution in [2.24, 2.45) is 5.92 Å². The molecular weight excluding hydrogens is 308 g/mol. The van der Waals surface area contributed by atoms with Crippen LogP contribution in [0, 0.1) is 5.92 Å². The highest BCUT2D eigenvalue weighted by molar-refractivity contribution is 5.92. The van der Waals surface area contributed by atoms with Gasteiger partial charge in [0.25, 0.3) is 11.5 Å². The molecule has 4 heterocycles. The molecule has 1 amide bonds. The number of aryl methyl sites for hydroxylation is 1. The van der Waals surface area contributed by atoms with E-state index >= 15 is 0 Å². The monoisotopic (exact) mass is 334 g/mol. The second-order valence-electron chi connectivity index (χ2n) is 6.97. The van der Waals surface area contributed by atoms with E-state index in [4.69, 9.17) is 0 Å². The predicted molar refractivity (Wildman–Crippen MR) is 89.9 cm³/mol. The fourth-order valence-electron chi connectivity index (χ4n) is 3.71. The van der Waals surface area contributed by atoms with Crippen molar-refractivity contribution in [3.8, 4) is 0 Å². The van der Waals surface area contributed by atoms with Crippen LogP contribution in [-0.4, -0.2) is 57.5 Å². The number of hydrogen-bond donors (Lipinski definition) is 2. The molecule has 1 atom stereocenters. The van der Waals surface area contributed by atoms with Gasteiger partial charge >= 0.3 is 0 Å². The second-order valence-corrected chi connectivity index (χ2v) is 6.97. The zero-order valence-electron chi connectivity index (χ0n) is 14.2. The zero-order valence-corrected chi connectivity index (χ0v) is 14.2. The Hall–Kier alpha value is -1.73. The first kappa shape index (κ1) is 17.1. The molecule has 1 aromatic heterocycles. The Balaban J connectivity index is 1.64. The molecule has 0 aromatic carbocycles. The van der Waals surface area contributed by atoms with Gasteiger partial charge in [-0.15, -0.1) is 0 Å². The Kier molecular flexibility index (Phi) is 5.01. The van der Waals surface area contributed by atoms with Gasteiger partial charge in [-0.3, -0.25) is 9.59 Å². The third kappa shape index (κ3) is 3.52. The van der Waals surface area contributed by atoms with Crippen LogP contribution >= 0.6 is 0 Å². The summed E-state index contributed by atoms with van der Waals surface area (Å²) in [6, 6.07) is 2.82. The molecule has 4 rings (SSSR count). The number of unbranched alkanes of at least 4 members (excludes halogenated alkanes) is 1. The van der Waals surface area contributed by atoms with Crippen LogP contribution in [0.25, 0.3) is 0 Å². The zero-order chi connectivity index (χ0) is 17.2. The molecule has 0 radical (unpaired) electrons. The summed E-state index contributed by atoms with van der Waals surface area (Å²) in [5, 5.41) is 17.8. The number of hydrogen-bond acceptors (Lipinski definition) is 5. The lowest BCUT2D eigenvalue weighted by molar-refractivity contribution is -0.108. The highest BCUT2D eigenvalue weighted by Gasteiger charge is 2.45. The minimum atomic E-state index is -0.858. The molecule has 7 heteroatoms. The molecule has 0 saturated carbocycles. The van der Waals surface area contributed by atoms with E-state index in [-0.39, 0.29) is 29.6 Å². The van der Waals surface area contributed by atoms with Gasteiger partial charge in [0.2, 0.25) is 0 Å². The number of amides is 1. The standard InChI is InChI=1S/C17H26N4O3/c1-2-3-8-21-15(22)5-4-14(19-21)16(23)18-11-17(24)12-20-9-6-13(17)7-10-20/h4-5,13,24H,2-3,6-12H2,1H3,(H,18,23). The number of aliphatic hydroxyl groups is 1. The molecule has 2 N–H and O–H groups in total. The second kappa shape index (κ2) is 7.03. The van der Waals surface area contributed by atoms with Crippen molar-refractivity contribution in [3.05, 3.63) is 28.2 Å². The summed E-state index contributed by atoms with van der Waals surface area (Å²) in [4.78, 5) is 26.4. The lowest BCUT2D eigenvalue weighted by Crippen LogP contribution is -2.63. The number of nitrogens with zero attached hydrogens (tertiary/aromatic N) is 3. The Morgan fingerprint density at radius 2 is 2.17 bits per heavy atom. The quantitative estimate of drug-likeness (QED) is 0.778. The first-order chi connectivity index (χ1) is 11.5. The van der Waals surface area contributed by atoms with E-state index in [1.807, 2.05) is 6.92 Å². The summed E-state index contributed by atoms with van der Waals surface area (Å²) < 4.78 is 1.33. The summed E-state index contributed by atoms with van der Waals surface area (Å²) in [5.74, 6) is -0.0978. The van der Waals surface area contributed by atoms with Gasteiger partial charge in [-0.05, 0) is 44.3 Å². The van der Waals surface area contributed by atoms with E-state index in [2.05, 4.69) is 15.3 Å². The smallest absolute Gasteiger partial charge is 0.271 e. The lowest BCUT2D eigenvalue weighted by Gasteiger charge is -2.50. The van der Waals surface area contributed by atoms with Crippen LogP contribution < -0.4 is 10.9 Å². The van der Waals surface area contributed by atoms with Gasteiger partial charge in [-0.2, -0.15) is 5.10 Å². The van der Waals surface area contributed by atoms with Crippen molar-refractivity contribution >= 4 is 5.91 Å². The normalized spacial score (nSPS) is 28.8. The molecule has 3 aliphatic heterocycles. The predicted octanol–water partition coefficient (Wildman–Crippen LogP) is 0.230. The summed E-state index contributed by atoms with van der Waals surface area (Å²) in [5.41, 5.74) is -0.838. The molecule has 132 valence electrons. The first-order valence-electron chi connectivity index (χ1n) is 8.83. The Labute approximate surface area is 141 Å². The number of rotatable bonds is 6. The van der Waals surface area contributed by atoms with Crippen LogP contribution in [0.3, 0.4) is 0 Å². The Morgan fingerprint density at radius 3 is 2.79 bits per heavy atom. The van der Waals surface area contributed by atoms with E-state index in [1.165, 1.54) is 16.8 Å². The first-order valence-corrected chi connectivity index (χ1v) is 8.83. The third-order valence-electron chi connectivity index (χ3n) is 5.22. The molecule has 1 unspecified atom stereocenters. The van der Waals surface area contributed by atoms with E-state index in [1.54, 1.807) is 0 Å². The van der Waals surface area contributed by atoms with Crippen molar-refractivity contribution in [2.45, 2.75) is 44.8 Å². The average Bonchev–Trinajstić information content (AvgIpc) is 2.60. The maximum atomic E-state index is 12.4. The SMILES string of the molecule is CCCCn1nc(C(=O)NCC2(O)CN3CCC2CC3)ccc1=O. The molecule has 2 bridgehead atoms. The summed E-state index contributed by atoms with van der Waals surface area (Å²) in [6.07, 6.45) is 3.75. The number of carbonyl (C=O) groups excluding carboxylic acids is 1. The number of aromatic nitrogens is 2. The van der Waals surface area contributed by atoms with E-state index in [0.717, 1.165) is 38.8 Å². The summed E-state index contributed by atoms with van der Waals surface area (Å²) in [6.45, 7) is 5.45. The van der Waals surface area contributed by atoms with Gasteiger partial charge in [0.05, 0.1) is 5.60 Å². The molecule has 24 heavy (non-hydrogen) atoms. The largest absolute Gasteiger partial charge is 0.386 e. The molecule has 3 saturated heterocycles. The topological polar surface area (TPSA) is 87.5 Å². The van der Waals surface area contributed by atoms with E-state index in [0.29, 0.717) is 13.1 Å². The Morgan fingerprint density at radius 1 is 1.42 bits per heavy atom. The fourth-order valence-corrected chi connectivity index (χ4v) is 3.71. The van der Waals surface area contributed by atoms with Crippen molar-refractivity contribution in [3.63, 3.8) is 0 Å². The van der Waals surface area contributed by atoms with Crippen LogP contribution in [0.1, 0.15) is 43.1 Å². The van der Waals surface area contributed by atoms with Gasteiger partial charge in [-0.25, -0.2) is 4.68 Å². The molecular formula is C17H26N4O3. The van der Waals surface area contributed by atoms with Crippen LogP contribution in [0.4, 0.5) is 0 Å². The van der Waals surface area contributed by atoms with Crippen molar-refractivity contribution in [2.75, 3.05) is 26.2 Å². The minimum Gasteiger partial charge on any atom is -0.386 e.